The highest BCUT2D eigenvalue weighted by Crippen LogP contribution is 2.67. The Morgan fingerprint density at radius 3 is 2.13 bits per heavy atom. The Balaban J connectivity index is 1.40. The zero-order chi connectivity index (χ0) is 40.4. The fourth-order valence-corrected chi connectivity index (χ4v) is 9.15. The standard InChI is InChI=1S/C34H21Cl3F8N4O6/c1-47(27-16(35)6-8-18(46-27)34(43,44)45)49-28(51)13-5-4-12-15(19(13)29(49)52)10-32(36)30(53)48(26-24(41)22(39)21(38)23(40)25(26)42)31(54)33(32,37)20(12)14-9-11(55-2)3-7-17(14)50/h3-4,6-9,13,15,19-20,50H,5,10H2,1-2H3. The van der Waals surface area contributed by atoms with Gasteiger partial charge >= 0.3 is 6.18 Å². The SMILES string of the molecule is COc1ccc(O)c(C2C3=CCC4C(=O)N(N(C)c5nc(C(F)(F)F)ccc5Cl)C(=O)C4C3CC3(Cl)C(=O)N(c4c(F)c(F)c(F)c(F)c4F)C(=O)C23Cl)c1. The van der Waals surface area contributed by atoms with Crippen molar-refractivity contribution < 1.29 is 64.1 Å². The number of anilines is 2. The average Bonchev–Trinajstić information content (AvgIpc) is 3.47. The summed E-state index contributed by atoms with van der Waals surface area (Å²) in [6.07, 6.45) is -4.77. The number of ether oxygens (including phenoxy) is 1. The molecule has 7 rings (SSSR count). The van der Waals surface area contributed by atoms with Gasteiger partial charge in [0.25, 0.3) is 23.6 Å². The first-order valence-electron chi connectivity index (χ1n) is 15.8. The lowest BCUT2D eigenvalue weighted by molar-refractivity contribution is -0.141. The number of hydrogen-bond acceptors (Lipinski definition) is 8. The van der Waals surface area contributed by atoms with Crippen LogP contribution < -0.4 is 14.6 Å². The monoisotopic (exact) mass is 838 g/mol. The van der Waals surface area contributed by atoms with Crippen LogP contribution in [0.5, 0.6) is 11.5 Å². The summed E-state index contributed by atoms with van der Waals surface area (Å²) in [5.74, 6) is -25.6. The Bertz CT molecular complexity index is 2270. The van der Waals surface area contributed by atoms with Crippen LogP contribution in [0.15, 0.2) is 42.0 Å². The van der Waals surface area contributed by atoms with Crippen molar-refractivity contribution in [3.05, 3.63) is 87.3 Å². The fraction of sp³-hybridized carbons (Fsp3) is 0.324. The number of amides is 4. The van der Waals surface area contributed by atoms with E-state index in [0.717, 1.165) is 19.2 Å². The maximum absolute atomic E-state index is 15.3. The molecule has 4 aliphatic rings. The maximum atomic E-state index is 15.3. The van der Waals surface area contributed by atoms with Gasteiger partial charge < -0.3 is 9.84 Å². The Morgan fingerprint density at radius 1 is 0.909 bits per heavy atom. The van der Waals surface area contributed by atoms with Gasteiger partial charge in [-0.15, -0.1) is 23.2 Å². The molecule has 1 aromatic heterocycles. The van der Waals surface area contributed by atoms with E-state index in [9.17, 15) is 50.6 Å². The summed E-state index contributed by atoms with van der Waals surface area (Å²) >= 11 is 20.3. The number of phenols is 1. The minimum atomic E-state index is -4.95. The summed E-state index contributed by atoms with van der Waals surface area (Å²) < 4.78 is 119. The number of allylic oxidation sites excluding steroid dienone is 2. The van der Waals surface area contributed by atoms with Crippen molar-refractivity contribution in [2.45, 2.75) is 34.7 Å². The number of fused-ring (bicyclic) bond motifs is 4. The Kier molecular flexibility index (Phi) is 8.89. The van der Waals surface area contributed by atoms with Crippen LogP contribution in [0.3, 0.4) is 0 Å². The highest BCUT2D eigenvalue weighted by molar-refractivity contribution is 6.58. The summed E-state index contributed by atoms with van der Waals surface area (Å²) in [5, 5.41) is 12.0. The van der Waals surface area contributed by atoms with Gasteiger partial charge in [-0.05, 0) is 49.1 Å². The summed E-state index contributed by atoms with van der Waals surface area (Å²) in [7, 11) is 2.27. The number of aromatic nitrogens is 1. The summed E-state index contributed by atoms with van der Waals surface area (Å²) in [5.41, 5.74) is -3.69. The minimum absolute atomic E-state index is 0.00244. The first-order chi connectivity index (χ1) is 25.6. The van der Waals surface area contributed by atoms with Crippen molar-refractivity contribution in [2.24, 2.45) is 17.8 Å². The number of methoxy groups -OCH3 is 1. The molecule has 1 N–H and O–H groups in total. The second-order valence-electron chi connectivity index (χ2n) is 13.1. The molecule has 2 aliphatic carbocycles. The molecule has 6 atom stereocenters. The number of aromatic hydroxyl groups is 1. The number of imide groups is 2. The van der Waals surface area contributed by atoms with E-state index >= 15 is 8.78 Å². The summed E-state index contributed by atoms with van der Waals surface area (Å²) in [6.45, 7) is 0. The third kappa shape index (κ3) is 5.16. The van der Waals surface area contributed by atoms with Crippen LogP contribution in [-0.2, 0) is 25.4 Å². The van der Waals surface area contributed by atoms with E-state index in [-0.39, 0.29) is 33.2 Å². The number of hydrazine groups is 1. The van der Waals surface area contributed by atoms with Gasteiger partial charge in [-0.3, -0.25) is 24.2 Å². The Hall–Kier alpha value is -4.68. The lowest BCUT2D eigenvalue weighted by Gasteiger charge is -2.50. The number of carbonyl (C=O) groups excluding carboxylic acids is 4. The highest BCUT2D eigenvalue weighted by Gasteiger charge is 2.77. The molecule has 0 bridgehead atoms. The molecule has 4 amide bonds. The van der Waals surface area contributed by atoms with Crippen LogP contribution in [0.4, 0.5) is 46.6 Å². The van der Waals surface area contributed by atoms with Gasteiger partial charge in [0.2, 0.25) is 5.82 Å². The molecule has 2 aliphatic heterocycles. The Labute approximate surface area is 318 Å². The molecule has 10 nitrogen and oxygen atoms in total. The van der Waals surface area contributed by atoms with Gasteiger partial charge in [-0.2, -0.15) is 18.2 Å². The normalized spacial score (nSPS) is 27.6. The van der Waals surface area contributed by atoms with Crippen molar-refractivity contribution in [3.63, 3.8) is 0 Å². The van der Waals surface area contributed by atoms with Crippen molar-refractivity contribution >= 4 is 69.9 Å². The molecular formula is C34H21Cl3F8N4O6. The van der Waals surface area contributed by atoms with Gasteiger partial charge in [0.1, 0.15) is 22.9 Å². The molecular weight excluding hydrogens is 819 g/mol. The molecule has 3 aromatic rings. The fourth-order valence-electron chi connectivity index (χ4n) is 7.99. The first kappa shape index (κ1) is 38.6. The number of phenolic OH excluding ortho intramolecular Hbond substituents is 1. The number of halogens is 11. The molecule has 21 heteroatoms. The smallest absolute Gasteiger partial charge is 0.433 e. The molecule has 0 radical (unpaired) electrons. The molecule has 1 saturated carbocycles. The lowest BCUT2D eigenvalue weighted by atomic mass is 9.56. The van der Waals surface area contributed by atoms with Crippen LogP contribution in [-0.4, -0.2) is 62.6 Å². The van der Waals surface area contributed by atoms with Gasteiger partial charge in [-0.25, -0.2) is 31.8 Å². The van der Waals surface area contributed by atoms with Crippen LogP contribution in [0.25, 0.3) is 0 Å². The van der Waals surface area contributed by atoms with E-state index in [2.05, 4.69) is 4.98 Å². The molecule has 55 heavy (non-hydrogen) atoms. The number of nitrogens with zero attached hydrogens (tertiary/aromatic N) is 4. The van der Waals surface area contributed by atoms with E-state index in [0.29, 0.717) is 16.1 Å². The number of rotatable bonds is 5. The summed E-state index contributed by atoms with van der Waals surface area (Å²) in [6, 6.07) is 4.97. The van der Waals surface area contributed by atoms with E-state index < -0.39 is 122 Å². The first-order valence-corrected chi connectivity index (χ1v) is 17.0. The highest BCUT2D eigenvalue weighted by atomic mass is 35.5. The predicted octanol–water partition coefficient (Wildman–Crippen LogP) is 6.78. The van der Waals surface area contributed by atoms with Gasteiger partial charge in [0.15, 0.2) is 38.8 Å². The van der Waals surface area contributed by atoms with E-state index in [1.165, 1.54) is 25.3 Å². The number of carbonyl (C=O) groups is 4. The maximum Gasteiger partial charge on any atom is 0.433 e. The van der Waals surface area contributed by atoms with Gasteiger partial charge in [0, 0.05) is 18.5 Å². The molecule has 6 unspecified atom stereocenters. The van der Waals surface area contributed by atoms with Crippen LogP contribution in [0, 0.1) is 46.8 Å². The molecule has 290 valence electrons. The third-order valence-corrected chi connectivity index (χ3v) is 12.2. The number of hydrogen-bond donors (Lipinski definition) is 1. The van der Waals surface area contributed by atoms with E-state index in [4.69, 9.17) is 39.5 Å². The van der Waals surface area contributed by atoms with Crippen LogP contribution >= 0.6 is 34.8 Å². The minimum Gasteiger partial charge on any atom is -0.508 e. The average molecular weight is 840 g/mol. The van der Waals surface area contributed by atoms with Crippen molar-refractivity contribution in [1.29, 1.82) is 0 Å². The van der Waals surface area contributed by atoms with E-state index in [1.54, 1.807) is 0 Å². The van der Waals surface area contributed by atoms with Crippen LogP contribution in [0.2, 0.25) is 5.02 Å². The summed E-state index contributed by atoms with van der Waals surface area (Å²) in [4.78, 5) is 54.3. The van der Waals surface area contributed by atoms with Gasteiger partial charge in [0.05, 0.1) is 24.0 Å². The number of benzene rings is 2. The third-order valence-electron chi connectivity index (χ3n) is 10.5. The molecule has 3 heterocycles. The zero-order valence-corrected chi connectivity index (χ0v) is 29.9. The Morgan fingerprint density at radius 2 is 1.53 bits per heavy atom. The predicted molar refractivity (Wildman–Crippen MR) is 176 cm³/mol. The van der Waals surface area contributed by atoms with Crippen molar-refractivity contribution in [1.82, 2.24) is 9.99 Å². The second-order valence-corrected chi connectivity index (χ2v) is 14.8. The van der Waals surface area contributed by atoms with Crippen LogP contribution in [0.1, 0.15) is 30.0 Å². The number of pyridine rings is 1. The topological polar surface area (TPSA) is 120 Å². The second kappa shape index (κ2) is 12.7. The zero-order valence-electron chi connectivity index (χ0n) is 27.6. The van der Waals surface area contributed by atoms with E-state index in [1.807, 2.05) is 0 Å². The lowest BCUT2D eigenvalue weighted by Crippen LogP contribution is -2.60. The molecule has 2 aromatic carbocycles. The quantitative estimate of drug-likeness (QED) is 0.0747. The number of alkyl halides is 5. The molecule has 0 spiro atoms. The molecule has 2 saturated heterocycles. The largest absolute Gasteiger partial charge is 0.508 e. The molecule has 3 fully saturated rings. The van der Waals surface area contributed by atoms with Gasteiger partial charge in [-0.1, -0.05) is 23.3 Å². The van der Waals surface area contributed by atoms with Crippen molar-refractivity contribution in [3.8, 4) is 11.5 Å². The van der Waals surface area contributed by atoms with Crippen molar-refractivity contribution in [2.75, 3.05) is 24.1 Å².